The minimum Gasteiger partial charge on any atom is -0.318 e. The van der Waals surface area contributed by atoms with E-state index >= 15 is 0 Å². The van der Waals surface area contributed by atoms with E-state index in [1.807, 2.05) is 0 Å². The van der Waals surface area contributed by atoms with Gasteiger partial charge in [0.25, 0.3) is 5.91 Å². The Morgan fingerprint density at radius 2 is 1.95 bits per heavy atom. The van der Waals surface area contributed by atoms with Gasteiger partial charge in [0.2, 0.25) is 0 Å². The van der Waals surface area contributed by atoms with Gasteiger partial charge in [-0.2, -0.15) is 13.2 Å². The van der Waals surface area contributed by atoms with Crippen molar-refractivity contribution in [2.75, 3.05) is 5.32 Å². The highest BCUT2D eigenvalue weighted by molar-refractivity contribution is 9.10. The Hall–Kier alpha value is -1.96. The predicted octanol–water partition coefficient (Wildman–Crippen LogP) is 4.25. The van der Waals surface area contributed by atoms with Gasteiger partial charge in [-0.15, -0.1) is 0 Å². The second-order valence-corrected chi connectivity index (χ2v) is 4.83. The molecule has 0 fully saturated rings. The maximum Gasteiger partial charge on any atom is 0.416 e. The van der Waals surface area contributed by atoms with E-state index in [0.717, 1.165) is 0 Å². The van der Waals surface area contributed by atoms with Gasteiger partial charge in [-0.05, 0) is 46.3 Å². The van der Waals surface area contributed by atoms with Gasteiger partial charge in [-0.25, -0.2) is 9.37 Å². The zero-order valence-electron chi connectivity index (χ0n) is 10.2. The molecule has 2 rings (SSSR count). The highest BCUT2D eigenvalue weighted by Crippen LogP contribution is 2.32. The molecule has 1 aromatic heterocycles. The molecule has 3 nitrogen and oxygen atoms in total. The Kier molecular flexibility index (Phi) is 4.26. The predicted molar refractivity (Wildman–Crippen MR) is 71.3 cm³/mol. The molecular formula is C13H7BrF4N2O. The third-order valence-corrected chi connectivity index (χ3v) is 3.16. The van der Waals surface area contributed by atoms with Crippen molar-refractivity contribution < 1.29 is 22.4 Å². The van der Waals surface area contributed by atoms with E-state index in [0.29, 0.717) is 22.7 Å². The Morgan fingerprint density at radius 3 is 2.57 bits per heavy atom. The second kappa shape index (κ2) is 5.80. The lowest BCUT2D eigenvalue weighted by Gasteiger charge is -2.11. The summed E-state index contributed by atoms with van der Waals surface area (Å²) in [5.41, 5.74) is -1.68. The molecule has 0 aliphatic heterocycles. The number of alkyl halides is 3. The normalized spacial score (nSPS) is 11.3. The van der Waals surface area contributed by atoms with Crippen LogP contribution in [-0.2, 0) is 6.18 Å². The van der Waals surface area contributed by atoms with E-state index in [2.05, 4.69) is 26.2 Å². The lowest BCUT2D eigenvalue weighted by Crippen LogP contribution is -2.16. The molecule has 110 valence electrons. The van der Waals surface area contributed by atoms with E-state index in [1.54, 1.807) is 6.07 Å². The summed E-state index contributed by atoms with van der Waals surface area (Å²) in [5, 5.41) is 2.07. The molecule has 0 atom stereocenters. The molecule has 0 radical (unpaired) electrons. The first-order valence-corrected chi connectivity index (χ1v) is 6.37. The Labute approximate surface area is 125 Å². The molecule has 1 heterocycles. The van der Waals surface area contributed by atoms with Crippen molar-refractivity contribution in [1.82, 2.24) is 4.98 Å². The number of amides is 1. The van der Waals surface area contributed by atoms with Crippen LogP contribution in [0.3, 0.4) is 0 Å². The first-order chi connectivity index (χ1) is 9.79. The number of anilines is 1. The van der Waals surface area contributed by atoms with Gasteiger partial charge in [-0.3, -0.25) is 4.79 Å². The number of pyridine rings is 1. The SMILES string of the molecule is O=C(Nc1cc(C(F)(F)F)ccc1F)c1ncccc1Br. The van der Waals surface area contributed by atoms with Crippen molar-refractivity contribution in [3.63, 3.8) is 0 Å². The largest absolute Gasteiger partial charge is 0.416 e. The zero-order valence-corrected chi connectivity index (χ0v) is 11.8. The fourth-order valence-corrected chi connectivity index (χ4v) is 1.97. The summed E-state index contributed by atoms with van der Waals surface area (Å²) in [6, 6.07) is 4.87. The van der Waals surface area contributed by atoms with Crippen LogP contribution in [0.4, 0.5) is 23.2 Å². The summed E-state index contributed by atoms with van der Waals surface area (Å²) in [4.78, 5) is 15.7. The van der Waals surface area contributed by atoms with Gasteiger partial charge in [0.15, 0.2) is 0 Å². The highest BCUT2D eigenvalue weighted by atomic mass is 79.9. The van der Waals surface area contributed by atoms with Crippen LogP contribution in [0.5, 0.6) is 0 Å². The third kappa shape index (κ3) is 3.57. The standard InChI is InChI=1S/C13H7BrF4N2O/c14-8-2-1-5-19-11(8)12(21)20-10-6-7(13(16,17)18)3-4-9(10)15/h1-6H,(H,20,21). The number of hydrogen-bond acceptors (Lipinski definition) is 2. The molecule has 8 heteroatoms. The van der Waals surface area contributed by atoms with Gasteiger partial charge < -0.3 is 5.32 Å². The molecule has 1 N–H and O–H groups in total. The first kappa shape index (κ1) is 15.4. The highest BCUT2D eigenvalue weighted by Gasteiger charge is 2.31. The van der Waals surface area contributed by atoms with Gasteiger partial charge >= 0.3 is 6.18 Å². The minimum absolute atomic E-state index is 0.0608. The van der Waals surface area contributed by atoms with Crippen LogP contribution >= 0.6 is 15.9 Å². The summed E-state index contributed by atoms with van der Waals surface area (Å²) in [6.07, 6.45) is -3.29. The average Bonchev–Trinajstić information content (AvgIpc) is 2.40. The molecule has 0 unspecified atom stereocenters. The molecular weight excluding hydrogens is 356 g/mol. The van der Waals surface area contributed by atoms with Crippen molar-refractivity contribution in [1.29, 1.82) is 0 Å². The number of halogens is 5. The van der Waals surface area contributed by atoms with Crippen molar-refractivity contribution in [2.45, 2.75) is 6.18 Å². The van der Waals surface area contributed by atoms with Crippen molar-refractivity contribution in [3.8, 4) is 0 Å². The van der Waals surface area contributed by atoms with Crippen LogP contribution < -0.4 is 5.32 Å². The zero-order chi connectivity index (χ0) is 15.6. The second-order valence-electron chi connectivity index (χ2n) is 3.98. The maximum atomic E-state index is 13.5. The molecule has 1 amide bonds. The fourth-order valence-electron chi connectivity index (χ4n) is 1.53. The smallest absolute Gasteiger partial charge is 0.318 e. The number of hydrogen-bond donors (Lipinski definition) is 1. The van der Waals surface area contributed by atoms with Gasteiger partial charge in [0.05, 0.1) is 11.3 Å². The fraction of sp³-hybridized carbons (Fsp3) is 0.0769. The number of nitrogens with zero attached hydrogens (tertiary/aromatic N) is 1. The molecule has 0 bridgehead atoms. The Morgan fingerprint density at radius 1 is 1.24 bits per heavy atom. The lowest BCUT2D eigenvalue weighted by molar-refractivity contribution is -0.137. The lowest BCUT2D eigenvalue weighted by atomic mass is 10.2. The summed E-state index contributed by atoms with van der Waals surface area (Å²) >= 11 is 3.08. The van der Waals surface area contributed by atoms with E-state index < -0.39 is 29.2 Å². The van der Waals surface area contributed by atoms with E-state index in [4.69, 9.17) is 0 Å². The molecule has 0 aliphatic carbocycles. The van der Waals surface area contributed by atoms with Crippen LogP contribution in [0.1, 0.15) is 16.1 Å². The van der Waals surface area contributed by atoms with Gasteiger partial charge in [0, 0.05) is 10.7 Å². The van der Waals surface area contributed by atoms with Crippen LogP contribution in [0.25, 0.3) is 0 Å². The Bertz CT molecular complexity index is 688. The molecule has 1 aromatic carbocycles. The first-order valence-electron chi connectivity index (χ1n) is 5.57. The number of nitrogens with one attached hydrogen (secondary N) is 1. The average molecular weight is 363 g/mol. The van der Waals surface area contributed by atoms with Crippen LogP contribution in [-0.4, -0.2) is 10.9 Å². The summed E-state index contributed by atoms with van der Waals surface area (Å²) in [7, 11) is 0. The number of carbonyl (C=O) groups excluding carboxylic acids is 1. The monoisotopic (exact) mass is 362 g/mol. The summed E-state index contributed by atoms with van der Waals surface area (Å²) < 4.78 is 51.6. The van der Waals surface area contributed by atoms with Crippen molar-refractivity contribution in [3.05, 3.63) is 58.1 Å². The molecule has 0 aliphatic rings. The Balaban J connectivity index is 2.31. The van der Waals surface area contributed by atoms with E-state index in [1.165, 1.54) is 12.3 Å². The summed E-state index contributed by atoms with van der Waals surface area (Å²) in [6.45, 7) is 0. The van der Waals surface area contributed by atoms with Gasteiger partial charge in [0.1, 0.15) is 11.5 Å². The quantitative estimate of drug-likeness (QED) is 0.811. The molecule has 0 spiro atoms. The van der Waals surface area contributed by atoms with Crippen molar-refractivity contribution in [2.24, 2.45) is 0 Å². The summed E-state index contributed by atoms with van der Waals surface area (Å²) in [5.74, 6) is -1.79. The maximum absolute atomic E-state index is 13.5. The number of aromatic nitrogens is 1. The molecule has 2 aromatic rings. The molecule has 0 saturated carbocycles. The molecule has 0 saturated heterocycles. The third-order valence-electron chi connectivity index (χ3n) is 2.52. The van der Waals surface area contributed by atoms with E-state index in [-0.39, 0.29) is 5.69 Å². The van der Waals surface area contributed by atoms with Gasteiger partial charge in [-0.1, -0.05) is 0 Å². The van der Waals surface area contributed by atoms with Crippen LogP contribution in [0.15, 0.2) is 41.0 Å². The topological polar surface area (TPSA) is 42.0 Å². The molecule has 21 heavy (non-hydrogen) atoms. The van der Waals surface area contributed by atoms with E-state index in [9.17, 15) is 22.4 Å². The van der Waals surface area contributed by atoms with Crippen LogP contribution in [0.2, 0.25) is 0 Å². The number of carbonyl (C=O) groups is 1. The number of benzene rings is 1. The minimum atomic E-state index is -4.63. The van der Waals surface area contributed by atoms with Crippen LogP contribution in [0, 0.1) is 5.82 Å². The van der Waals surface area contributed by atoms with Crippen molar-refractivity contribution >= 4 is 27.5 Å². The number of rotatable bonds is 2.